The van der Waals surface area contributed by atoms with Crippen molar-refractivity contribution >= 4 is 43.5 Å². The molecule has 1 aliphatic heterocycles. The minimum atomic E-state index is 0.790. The summed E-state index contributed by atoms with van der Waals surface area (Å²) in [6.07, 6.45) is 23.6. The maximum Gasteiger partial charge on any atom is 0.0361 e. The highest BCUT2D eigenvalue weighted by Gasteiger charge is 2.23. The molecule has 4 aromatic carbocycles. The summed E-state index contributed by atoms with van der Waals surface area (Å²) < 4.78 is 0. The molecular formula is C54H48N6. The quantitative estimate of drug-likeness (QED) is 0.124. The number of benzene rings is 4. The highest BCUT2D eigenvalue weighted by Crippen LogP contribution is 2.48. The summed E-state index contributed by atoms with van der Waals surface area (Å²) >= 11 is 0. The number of nitrogens with zero attached hydrogens (tertiary/aromatic N) is 4. The van der Waals surface area contributed by atoms with Crippen LogP contribution in [0.4, 0.5) is 0 Å². The summed E-state index contributed by atoms with van der Waals surface area (Å²) in [7, 11) is 0. The second kappa shape index (κ2) is 15.5. The monoisotopic (exact) mass is 780 g/mol. The molecule has 1 aliphatic rings. The summed E-state index contributed by atoms with van der Waals surface area (Å²) in [5.74, 6) is 0. The molecule has 6 nitrogen and oxygen atoms in total. The van der Waals surface area contributed by atoms with Crippen molar-refractivity contribution in [1.29, 1.82) is 0 Å². The van der Waals surface area contributed by atoms with E-state index in [-0.39, 0.29) is 0 Å². The summed E-state index contributed by atoms with van der Waals surface area (Å²) in [4.78, 5) is 18.0. The number of hydrogen-bond acceptors (Lipinski definition) is 6. The molecule has 0 spiro atoms. The maximum atomic E-state index is 6.29. The van der Waals surface area contributed by atoms with E-state index >= 15 is 0 Å². The Labute approximate surface area is 352 Å². The van der Waals surface area contributed by atoms with Crippen LogP contribution in [0.3, 0.4) is 0 Å². The van der Waals surface area contributed by atoms with Crippen molar-refractivity contribution in [3.63, 3.8) is 0 Å². The number of allylic oxidation sites excluding steroid dienone is 5. The zero-order valence-corrected chi connectivity index (χ0v) is 35.3. The standard InChI is InChI=1S/C54H48N6/c1-8-37(31(2)25-55)43-19-49-50(20-44(43)38-9-14-56-26-32(38)3)52-22-46(40-11-16-58-28-34(40)5)48(42-13-18-60-30-36(42)7)24-54(52)53-23-47(41-12-17-59-29-35(41)6)45(21-51(49)53)39-10-15-57-27-33(39)4/h8-29,60H,30,55H2,1-7H3/b31-25-,37-8+. The number of aryl methyl sites for hydroxylation is 4. The summed E-state index contributed by atoms with van der Waals surface area (Å²) in [5, 5.41) is 10.5. The lowest BCUT2D eigenvalue weighted by Crippen LogP contribution is -2.13. The Bertz CT molecular complexity index is 3160. The van der Waals surface area contributed by atoms with Crippen LogP contribution in [0.2, 0.25) is 0 Å². The Morgan fingerprint density at radius 2 is 0.917 bits per heavy atom. The third-order valence-corrected chi connectivity index (χ3v) is 12.3. The van der Waals surface area contributed by atoms with Gasteiger partial charge in [-0.1, -0.05) is 6.08 Å². The molecule has 0 unspecified atom stereocenters. The van der Waals surface area contributed by atoms with E-state index in [2.05, 4.69) is 153 Å². The summed E-state index contributed by atoms with van der Waals surface area (Å²) in [6.45, 7) is 15.8. The summed E-state index contributed by atoms with van der Waals surface area (Å²) in [5.41, 5.74) is 27.0. The average molecular weight is 781 g/mol. The topological polar surface area (TPSA) is 89.6 Å². The molecule has 294 valence electrons. The number of pyridine rings is 4. The lowest BCUT2D eigenvalue weighted by molar-refractivity contribution is 0.925. The normalized spacial score (nSPS) is 13.4. The van der Waals surface area contributed by atoms with Gasteiger partial charge in [0.2, 0.25) is 0 Å². The van der Waals surface area contributed by atoms with E-state index in [4.69, 9.17) is 5.73 Å². The van der Waals surface area contributed by atoms with Gasteiger partial charge in [0.05, 0.1) is 0 Å². The molecule has 0 bridgehead atoms. The van der Waals surface area contributed by atoms with Crippen LogP contribution in [0.1, 0.15) is 54.2 Å². The van der Waals surface area contributed by atoms with Crippen molar-refractivity contribution < 1.29 is 0 Å². The predicted octanol–water partition coefficient (Wildman–Crippen LogP) is 12.8. The smallest absolute Gasteiger partial charge is 0.0361 e. The van der Waals surface area contributed by atoms with Crippen molar-refractivity contribution in [2.45, 2.75) is 48.5 Å². The van der Waals surface area contributed by atoms with Crippen molar-refractivity contribution in [2.24, 2.45) is 5.73 Å². The Kier molecular flexibility index (Phi) is 9.93. The maximum absolute atomic E-state index is 6.29. The highest BCUT2D eigenvalue weighted by atomic mass is 14.8. The Morgan fingerprint density at radius 3 is 1.32 bits per heavy atom. The molecule has 0 amide bonds. The molecule has 0 fully saturated rings. The number of dihydropyridines is 1. The van der Waals surface area contributed by atoms with Gasteiger partial charge in [-0.15, -0.1) is 0 Å². The fourth-order valence-electron chi connectivity index (χ4n) is 9.17. The molecule has 4 aromatic heterocycles. The minimum Gasteiger partial charge on any atom is -0.404 e. The minimum absolute atomic E-state index is 0.790. The molecule has 6 heteroatoms. The molecule has 8 aromatic rings. The molecule has 0 saturated carbocycles. The van der Waals surface area contributed by atoms with Gasteiger partial charge in [0.15, 0.2) is 0 Å². The van der Waals surface area contributed by atoms with E-state index in [1.807, 2.05) is 49.6 Å². The van der Waals surface area contributed by atoms with E-state index in [0.717, 1.165) is 78.9 Å². The molecule has 0 atom stereocenters. The zero-order valence-electron chi connectivity index (χ0n) is 35.3. The Hall–Kier alpha value is -7.18. The fraction of sp³-hybridized carbons (Fsp3) is 0.148. The van der Waals surface area contributed by atoms with Gasteiger partial charge >= 0.3 is 0 Å². The zero-order chi connectivity index (χ0) is 41.7. The van der Waals surface area contributed by atoms with Gasteiger partial charge in [0.1, 0.15) is 0 Å². The van der Waals surface area contributed by atoms with Gasteiger partial charge in [-0.05, 0) is 260 Å². The van der Waals surface area contributed by atoms with Gasteiger partial charge in [-0.3, -0.25) is 19.9 Å². The molecule has 0 radical (unpaired) electrons. The first-order chi connectivity index (χ1) is 29.2. The molecule has 5 heterocycles. The van der Waals surface area contributed by atoms with Crippen molar-refractivity contribution in [1.82, 2.24) is 25.3 Å². The van der Waals surface area contributed by atoms with Gasteiger partial charge in [-0.2, -0.15) is 0 Å². The van der Waals surface area contributed by atoms with Crippen LogP contribution in [0.15, 0.2) is 146 Å². The largest absolute Gasteiger partial charge is 0.404 e. The van der Waals surface area contributed by atoms with Crippen LogP contribution in [0.5, 0.6) is 0 Å². The van der Waals surface area contributed by atoms with Crippen LogP contribution in [-0.2, 0) is 0 Å². The van der Waals surface area contributed by atoms with Crippen LogP contribution in [0, 0.1) is 27.7 Å². The molecule has 60 heavy (non-hydrogen) atoms. The first kappa shape index (κ1) is 38.3. The second-order valence-electron chi connectivity index (χ2n) is 16.1. The van der Waals surface area contributed by atoms with Gasteiger partial charge in [0.25, 0.3) is 0 Å². The van der Waals surface area contributed by atoms with Crippen molar-refractivity contribution in [3.05, 3.63) is 179 Å². The number of nitrogens with one attached hydrogen (secondary N) is 1. The molecule has 0 aliphatic carbocycles. The van der Waals surface area contributed by atoms with Gasteiger partial charge in [0, 0.05) is 56.1 Å². The van der Waals surface area contributed by atoms with Crippen LogP contribution in [-0.4, -0.2) is 26.5 Å². The number of fused-ring (bicyclic) bond motifs is 6. The lowest BCUT2D eigenvalue weighted by atomic mass is 9.81. The number of rotatable bonds is 7. The van der Waals surface area contributed by atoms with Crippen LogP contribution < -0.4 is 11.1 Å². The fourth-order valence-corrected chi connectivity index (χ4v) is 9.17. The molecule has 3 N–H and O–H groups in total. The summed E-state index contributed by atoms with van der Waals surface area (Å²) in [6, 6.07) is 23.1. The first-order valence-corrected chi connectivity index (χ1v) is 20.5. The van der Waals surface area contributed by atoms with Crippen molar-refractivity contribution in [2.75, 3.05) is 6.54 Å². The molecular weight excluding hydrogens is 733 g/mol. The number of aromatic nitrogens is 4. The van der Waals surface area contributed by atoms with Gasteiger partial charge in [-0.25, -0.2) is 0 Å². The van der Waals surface area contributed by atoms with E-state index in [1.54, 1.807) is 6.20 Å². The highest BCUT2D eigenvalue weighted by molar-refractivity contribution is 6.29. The number of nitrogens with two attached hydrogens (primary N) is 1. The van der Waals surface area contributed by atoms with Crippen LogP contribution >= 0.6 is 0 Å². The second-order valence-corrected chi connectivity index (χ2v) is 16.1. The van der Waals surface area contributed by atoms with Crippen LogP contribution in [0.25, 0.3) is 88.0 Å². The SMILES string of the molecule is C/C=C(\C(C)=C/N)c1cc2c(cc1-c1ccncc1C)c1cc(-c3ccncc3C)c(C3=C(C)CNC=C3)cc1c1cc(-c3ccncc3C)c(-c3ccncc3C)cc21. The van der Waals surface area contributed by atoms with E-state index in [9.17, 15) is 0 Å². The molecule has 0 saturated heterocycles. The third-order valence-electron chi connectivity index (χ3n) is 12.3. The first-order valence-electron chi connectivity index (χ1n) is 20.5. The van der Waals surface area contributed by atoms with Crippen molar-refractivity contribution in [3.8, 4) is 44.5 Å². The molecule has 9 rings (SSSR count). The predicted molar refractivity (Wildman–Crippen MR) is 252 cm³/mol. The lowest BCUT2D eigenvalue weighted by Gasteiger charge is -2.23. The third kappa shape index (κ3) is 6.45. The average Bonchev–Trinajstić information content (AvgIpc) is 3.26. The Morgan fingerprint density at radius 1 is 0.533 bits per heavy atom. The van der Waals surface area contributed by atoms with Gasteiger partial charge < -0.3 is 11.1 Å². The van der Waals surface area contributed by atoms with E-state index in [0.29, 0.717) is 0 Å². The number of hydrogen-bond donors (Lipinski definition) is 2. The van der Waals surface area contributed by atoms with E-state index < -0.39 is 0 Å². The Balaban J connectivity index is 1.55. The van der Waals surface area contributed by atoms with E-state index in [1.165, 1.54) is 60.2 Å².